The average Bonchev–Trinajstić information content (AvgIpc) is 3.13. The van der Waals surface area contributed by atoms with Crippen LogP contribution in [-0.2, 0) is 18.0 Å². The van der Waals surface area contributed by atoms with Crippen LogP contribution in [0.3, 0.4) is 0 Å². The van der Waals surface area contributed by atoms with Crippen molar-refractivity contribution in [2.75, 3.05) is 46.2 Å². The van der Waals surface area contributed by atoms with Gasteiger partial charge in [-0.15, -0.1) is 0 Å². The summed E-state index contributed by atoms with van der Waals surface area (Å²) in [6.07, 6.45) is 11.8. The first-order chi connectivity index (χ1) is 24.9. The minimum atomic E-state index is -2.49. The number of hydrogen-bond acceptors (Lipinski definition) is 8. The summed E-state index contributed by atoms with van der Waals surface area (Å²) in [7, 11) is -2.49. The van der Waals surface area contributed by atoms with Crippen LogP contribution in [0.5, 0.6) is 17.2 Å². The summed E-state index contributed by atoms with van der Waals surface area (Å²) in [5, 5.41) is 0. The molecular formula is C42H60O8Si. The van der Waals surface area contributed by atoms with Crippen molar-refractivity contribution in [1.29, 1.82) is 0 Å². The molecule has 0 aliphatic carbocycles. The molecule has 0 aromatic heterocycles. The number of rotatable bonds is 26. The van der Waals surface area contributed by atoms with Gasteiger partial charge < -0.3 is 32.2 Å². The number of esters is 1. The molecule has 0 atom stereocenters. The molecule has 0 radical (unpaired) electrons. The van der Waals surface area contributed by atoms with E-state index in [2.05, 4.69) is 6.92 Å². The fourth-order valence-corrected chi connectivity index (χ4v) is 8.89. The second kappa shape index (κ2) is 22.0. The van der Waals surface area contributed by atoms with Gasteiger partial charge in [0, 0.05) is 25.9 Å². The molecule has 51 heavy (non-hydrogen) atoms. The smallest absolute Gasteiger partial charge is 0.494 e. The fourth-order valence-electron chi connectivity index (χ4n) is 6.20. The molecule has 0 amide bonds. The molecule has 0 spiro atoms. The lowest BCUT2D eigenvalue weighted by molar-refractivity contribution is -0.133. The Morgan fingerprint density at radius 1 is 0.608 bits per heavy atom. The zero-order valence-electron chi connectivity index (χ0n) is 31.4. The molecule has 0 bridgehead atoms. The van der Waals surface area contributed by atoms with Crippen LogP contribution in [0.1, 0.15) is 102 Å². The van der Waals surface area contributed by atoms with Crippen LogP contribution in [0.25, 0.3) is 11.1 Å². The molecule has 1 fully saturated rings. The highest BCUT2D eigenvalue weighted by molar-refractivity contribution is 6.60. The molecule has 1 aliphatic heterocycles. The Morgan fingerprint density at radius 2 is 1.08 bits per heavy atom. The Labute approximate surface area is 307 Å². The maximum Gasteiger partial charge on any atom is 0.500 e. The minimum absolute atomic E-state index is 0.149. The lowest BCUT2D eigenvalue weighted by Crippen LogP contribution is -2.46. The summed E-state index contributed by atoms with van der Waals surface area (Å²) in [6.45, 7) is 13.0. The van der Waals surface area contributed by atoms with Gasteiger partial charge in [0.25, 0.3) is 0 Å². The van der Waals surface area contributed by atoms with Crippen molar-refractivity contribution >= 4 is 14.8 Å². The van der Waals surface area contributed by atoms with E-state index in [0.29, 0.717) is 44.3 Å². The van der Waals surface area contributed by atoms with E-state index in [9.17, 15) is 4.79 Å². The van der Waals surface area contributed by atoms with E-state index in [1.165, 1.54) is 38.5 Å². The predicted octanol–water partition coefficient (Wildman–Crippen LogP) is 10.3. The minimum Gasteiger partial charge on any atom is -0.494 e. The highest BCUT2D eigenvalue weighted by Gasteiger charge is 2.39. The van der Waals surface area contributed by atoms with Crippen LogP contribution >= 0.6 is 0 Å². The average molecular weight is 721 g/mol. The maximum absolute atomic E-state index is 12.8. The molecule has 1 heterocycles. The Bertz CT molecular complexity index is 1370. The SMILES string of the molecule is CCO[Si](CCCCCCCCCCCOc1ccc(OC(=O)c2ccc(-c3ccc(OCC4(CC)COC4)cc3)cc2)cc1)(OCC)OCC. The third-order valence-electron chi connectivity index (χ3n) is 9.44. The predicted molar refractivity (Wildman–Crippen MR) is 205 cm³/mol. The van der Waals surface area contributed by atoms with E-state index in [1.807, 2.05) is 69.3 Å². The third kappa shape index (κ3) is 13.4. The van der Waals surface area contributed by atoms with Crippen LogP contribution in [-0.4, -0.2) is 61.0 Å². The highest BCUT2D eigenvalue weighted by Crippen LogP contribution is 2.32. The van der Waals surface area contributed by atoms with E-state index in [4.69, 9.17) is 32.2 Å². The molecule has 0 saturated carbocycles. The lowest BCUT2D eigenvalue weighted by atomic mass is 9.84. The Balaban J connectivity index is 1.05. The standard InChI is InChI=1S/C42H60O8Si/c1-5-42(32-44-33-42)34-46-39-24-22-36(23-25-39)35-18-20-37(21-19-35)41(43)50-40-28-26-38(27-29-40)45-30-16-14-12-10-9-11-13-15-17-31-51(47-6-2,48-7-3)49-8-4/h18-29H,5-17,30-34H2,1-4H3. The van der Waals surface area contributed by atoms with Crippen LogP contribution in [0, 0.1) is 5.41 Å². The van der Waals surface area contributed by atoms with Gasteiger partial charge in [-0.2, -0.15) is 0 Å². The molecule has 3 aromatic carbocycles. The highest BCUT2D eigenvalue weighted by atomic mass is 28.4. The topological polar surface area (TPSA) is 81.7 Å². The fraction of sp³-hybridized carbons (Fsp3) is 0.548. The normalized spacial score (nSPS) is 13.8. The van der Waals surface area contributed by atoms with Gasteiger partial charge in [0.1, 0.15) is 17.2 Å². The van der Waals surface area contributed by atoms with E-state index in [-0.39, 0.29) is 5.41 Å². The molecule has 0 unspecified atom stereocenters. The Kier molecular flexibility index (Phi) is 17.5. The van der Waals surface area contributed by atoms with Gasteiger partial charge in [0.15, 0.2) is 0 Å². The molecule has 9 heteroatoms. The van der Waals surface area contributed by atoms with Crippen LogP contribution in [0.2, 0.25) is 6.04 Å². The summed E-state index contributed by atoms with van der Waals surface area (Å²) in [5.41, 5.74) is 2.72. The first-order valence-corrected chi connectivity index (χ1v) is 21.1. The molecule has 1 aliphatic rings. The molecule has 4 rings (SSSR count). The number of unbranched alkanes of at least 4 members (excludes halogenated alkanes) is 8. The number of benzene rings is 3. The van der Waals surface area contributed by atoms with Gasteiger partial charge in [-0.1, -0.05) is 76.1 Å². The van der Waals surface area contributed by atoms with Gasteiger partial charge >= 0.3 is 14.8 Å². The number of hydrogen-bond donors (Lipinski definition) is 0. The van der Waals surface area contributed by atoms with Crippen LogP contribution in [0.4, 0.5) is 0 Å². The van der Waals surface area contributed by atoms with Gasteiger partial charge in [-0.05, 0) is 99.7 Å². The van der Waals surface area contributed by atoms with Crippen molar-refractivity contribution in [2.45, 2.75) is 97.9 Å². The Morgan fingerprint density at radius 3 is 1.59 bits per heavy atom. The second-order valence-electron chi connectivity index (χ2n) is 13.4. The van der Waals surface area contributed by atoms with Crippen molar-refractivity contribution in [1.82, 2.24) is 0 Å². The van der Waals surface area contributed by atoms with Gasteiger partial charge in [-0.3, -0.25) is 0 Å². The van der Waals surface area contributed by atoms with Gasteiger partial charge in [-0.25, -0.2) is 4.79 Å². The molecule has 3 aromatic rings. The van der Waals surface area contributed by atoms with Crippen molar-refractivity contribution in [2.24, 2.45) is 5.41 Å². The van der Waals surface area contributed by atoms with Crippen LogP contribution < -0.4 is 14.2 Å². The number of carbonyl (C=O) groups excluding carboxylic acids is 1. The van der Waals surface area contributed by atoms with Crippen molar-refractivity contribution in [3.8, 4) is 28.4 Å². The molecular weight excluding hydrogens is 661 g/mol. The number of ether oxygens (including phenoxy) is 4. The van der Waals surface area contributed by atoms with E-state index >= 15 is 0 Å². The molecule has 0 N–H and O–H groups in total. The zero-order chi connectivity index (χ0) is 36.2. The van der Waals surface area contributed by atoms with Crippen molar-refractivity contribution < 1.29 is 37.0 Å². The molecule has 1 saturated heterocycles. The summed E-state index contributed by atoms with van der Waals surface area (Å²) in [5.74, 6) is 1.73. The number of carbonyl (C=O) groups is 1. The van der Waals surface area contributed by atoms with Gasteiger partial charge in [0.2, 0.25) is 0 Å². The van der Waals surface area contributed by atoms with E-state index in [1.54, 1.807) is 24.3 Å². The second-order valence-corrected chi connectivity index (χ2v) is 16.1. The third-order valence-corrected chi connectivity index (χ3v) is 12.6. The zero-order valence-corrected chi connectivity index (χ0v) is 32.4. The van der Waals surface area contributed by atoms with Crippen molar-refractivity contribution in [3.63, 3.8) is 0 Å². The summed E-state index contributed by atoms with van der Waals surface area (Å²) < 4.78 is 40.8. The van der Waals surface area contributed by atoms with E-state index < -0.39 is 14.8 Å². The van der Waals surface area contributed by atoms with Crippen molar-refractivity contribution in [3.05, 3.63) is 78.4 Å². The van der Waals surface area contributed by atoms with E-state index in [0.717, 1.165) is 67.6 Å². The largest absolute Gasteiger partial charge is 0.500 e. The maximum atomic E-state index is 12.8. The Hall–Kier alpha value is -3.21. The summed E-state index contributed by atoms with van der Waals surface area (Å²) in [6, 6.07) is 23.7. The monoisotopic (exact) mass is 720 g/mol. The molecule has 8 nitrogen and oxygen atoms in total. The van der Waals surface area contributed by atoms with Gasteiger partial charge in [0.05, 0.1) is 37.4 Å². The van der Waals surface area contributed by atoms with Crippen LogP contribution in [0.15, 0.2) is 72.8 Å². The molecule has 280 valence electrons. The first-order valence-electron chi connectivity index (χ1n) is 19.2. The summed E-state index contributed by atoms with van der Waals surface area (Å²) in [4.78, 5) is 12.8. The first kappa shape index (κ1) is 40.6. The quantitative estimate of drug-likeness (QED) is 0.0351. The summed E-state index contributed by atoms with van der Waals surface area (Å²) >= 11 is 0. The lowest BCUT2D eigenvalue weighted by Gasteiger charge is -2.40.